The molecule has 1 aliphatic heterocycles. The Balaban J connectivity index is 2.08. The number of benzene rings is 2. The molecule has 4 rings (SSSR count). The maximum absolute atomic E-state index is 11.6. The van der Waals surface area contributed by atoms with E-state index < -0.39 is 0 Å². The lowest BCUT2D eigenvalue weighted by molar-refractivity contribution is -0.384. The summed E-state index contributed by atoms with van der Waals surface area (Å²) >= 11 is 6.00. The highest BCUT2D eigenvalue weighted by Crippen LogP contribution is 2.37. The summed E-state index contributed by atoms with van der Waals surface area (Å²) in [5, 5.41) is 13.1. The zero-order valence-electron chi connectivity index (χ0n) is 14.1. The van der Waals surface area contributed by atoms with Gasteiger partial charge in [-0.2, -0.15) is 0 Å². The maximum Gasteiger partial charge on any atom is 0.294 e. The van der Waals surface area contributed by atoms with E-state index >= 15 is 0 Å². The summed E-state index contributed by atoms with van der Waals surface area (Å²) in [6, 6.07) is 11.2. The monoisotopic (exact) mass is 355 g/mol. The standard InChI is InChI=1S/C19H18ClN3O2/c1-12-3-5-16-14(9-12)15-11-21(2)8-7-17(15)22(16)18-6-4-13(20)10-19(18)23(24)25/h3-6,9-10H,7-8,11H2,1-2H3. The number of aromatic nitrogens is 1. The van der Waals surface area contributed by atoms with Gasteiger partial charge in [-0.05, 0) is 43.8 Å². The molecular weight excluding hydrogens is 338 g/mol. The number of nitro groups is 1. The number of aryl methyl sites for hydroxylation is 1. The Kier molecular flexibility index (Phi) is 3.78. The molecule has 2 aromatic carbocycles. The molecule has 0 spiro atoms. The Morgan fingerprint density at radius 1 is 1.20 bits per heavy atom. The lowest BCUT2D eigenvalue weighted by Gasteiger charge is -2.24. The number of fused-ring (bicyclic) bond motifs is 3. The number of hydrogen-bond donors (Lipinski definition) is 0. The predicted octanol–water partition coefficient (Wildman–Crippen LogP) is 4.49. The molecule has 0 bridgehead atoms. The first kappa shape index (κ1) is 16.1. The van der Waals surface area contributed by atoms with Crippen molar-refractivity contribution in [1.82, 2.24) is 9.47 Å². The summed E-state index contributed by atoms with van der Waals surface area (Å²) in [7, 11) is 2.10. The summed E-state index contributed by atoms with van der Waals surface area (Å²) in [5.74, 6) is 0. The van der Waals surface area contributed by atoms with Crippen LogP contribution in [0, 0.1) is 17.0 Å². The van der Waals surface area contributed by atoms with E-state index in [4.69, 9.17) is 11.6 Å². The van der Waals surface area contributed by atoms with Gasteiger partial charge in [-0.15, -0.1) is 0 Å². The first-order valence-corrected chi connectivity index (χ1v) is 8.59. The van der Waals surface area contributed by atoms with Gasteiger partial charge < -0.3 is 9.47 Å². The van der Waals surface area contributed by atoms with Crippen LogP contribution in [0.4, 0.5) is 5.69 Å². The lowest BCUT2D eigenvalue weighted by Crippen LogP contribution is -2.27. The highest BCUT2D eigenvalue weighted by atomic mass is 35.5. The molecule has 3 aromatic rings. The summed E-state index contributed by atoms with van der Waals surface area (Å²) in [5.41, 5.74) is 5.23. The van der Waals surface area contributed by atoms with Crippen LogP contribution in [0.1, 0.15) is 16.8 Å². The molecule has 0 aliphatic carbocycles. The van der Waals surface area contributed by atoms with E-state index in [1.165, 1.54) is 22.6 Å². The minimum Gasteiger partial charge on any atom is -0.307 e. The van der Waals surface area contributed by atoms with Crippen LogP contribution in [0.5, 0.6) is 0 Å². The summed E-state index contributed by atoms with van der Waals surface area (Å²) in [6.45, 7) is 3.85. The van der Waals surface area contributed by atoms with Gasteiger partial charge in [0.2, 0.25) is 0 Å². The first-order valence-electron chi connectivity index (χ1n) is 8.21. The Bertz CT molecular complexity index is 1010. The lowest BCUT2D eigenvalue weighted by atomic mass is 10.0. The van der Waals surface area contributed by atoms with Crippen LogP contribution in [-0.2, 0) is 13.0 Å². The van der Waals surface area contributed by atoms with E-state index in [2.05, 4.69) is 37.1 Å². The van der Waals surface area contributed by atoms with E-state index in [-0.39, 0.29) is 10.6 Å². The molecular formula is C19H18ClN3O2. The number of rotatable bonds is 2. The molecule has 0 saturated carbocycles. The first-order chi connectivity index (χ1) is 12.0. The normalized spacial score (nSPS) is 14.7. The third-order valence-electron chi connectivity index (χ3n) is 4.87. The molecule has 0 radical (unpaired) electrons. The van der Waals surface area contributed by atoms with Gasteiger partial charge in [0.05, 0.1) is 10.4 Å². The highest BCUT2D eigenvalue weighted by Gasteiger charge is 2.26. The van der Waals surface area contributed by atoms with Gasteiger partial charge in [0, 0.05) is 41.7 Å². The van der Waals surface area contributed by atoms with E-state index in [1.54, 1.807) is 12.1 Å². The third kappa shape index (κ3) is 2.60. The topological polar surface area (TPSA) is 51.3 Å². The third-order valence-corrected chi connectivity index (χ3v) is 5.10. The fourth-order valence-electron chi connectivity index (χ4n) is 3.71. The van der Waals surface area contributed by atoms with Crippen molar-refractivity contribution in [2.75, 3.05) is 13.6 Å². The Morgan fingerprint density at radius 2 is 2.00 bits per heavy atom. The van der Waals surface area contributed by atoms with Gasteiger partial charge in [0.1, 0.15) is 5.69 Å². The summed E-state index contributed by atoms with van der Waals surface area (Å²) < 4.78 is 2.05. The van der Waals surface area contributed by atoms with Crippen molar-refractivity contribution in [1.29, 1.82) is 0 Å². The Morgan fingerprint density at radius 3 is 2.76 bits per heavy atom. The largest absolute Gasteiger partial charge is 0.307 e. The van der Waals surface area contributed by atoms with Crippen LogP contribution >= 0.6 is 11.6 Å². The van der Waals surface area contributed by atoms with E-state index in [0.717, 1.165) is 30.7 Å². The molecule has 1 aromatic heterocycles. The molecule has 5 nitrogen and oxygen atoms in total. The Labute approximate surface area is 150 Å². The molecule has 0 saturated heterocycles. The quantitative estimate of drug-likeness (QED) is 0.502. The predicted molar refractivity (Wildman–Crippen MR) is 99.7 cm³/mol. The van der Waals surface area contributed by atoms with Crippen LogP contribution in [0.2, 0.25) is 5.02 Å². The number of likely N-dealkylation sites (N-methyl/N-ethyl adjacent to an activating group) is 1. The number of hydrogen-bond acceptors (Lipinski definition) is 3. The number of halogens is 1. The molecule has 0 amide bonds. The smallest absolute Gasteiger partial charge is 0.294 e. The summed E-state index contributed by atoms with van der Waals surface area (Å²) in [6.07, 6.45) is 0.860. The van der Waals surface area contributed by atoms with Crippen molar-refractivity contribution in [3.05, 3.63) is 68.4 Å². The van der Waals surface area contributed by atoms with Gasteiger partial charge in [-0.25, -0.2) is 0 Å². The maximum atomic E-state index is 11.6. The van der Waals surface area contributed by atoms with E-state index in [1.807, 2.05) is 4.57 Å². The van der Waals surface area contributed by atoms with Gasteiger partial charge in [-0.1, -0.05) is 23.2 Å². The molecule has 0 fully saturated rings. The van der Waals surface area contributed by atoms with Crippen LogP contribution < -0.4 is 0 Å². The van der Waals surface area contributed by atoms with Gasteiger partial charge >= 0.3 is 0 Å². The summed E-state index contributed by atoms with van der Waals surface area (Å²) in [4.78, 5) is 13.5. The second kappa shape index (κ2) is 5.86. The van der Waals surface area contributed by atoms with E-state index in [9.17, 15) is 10.1 Å². The average molecular weight is 356 g/mol. The average Bonchev–Trinajstić information content (AvgIpc) is 2.88. The van der Waals surface area contributed by atoms with Gasteiger partial charge in [0.25, 0.3) is 5.69 Å². The van der Waals surface area contributed by atoms with Crippen molar-refractivity contribution in [3.8, 4) is 5.69 Å². The SMILES string of the molecule is Cc1ccc2c(c1)c1c(n2-c2ccc(Cl)cc2[N+](=O)[O-])CCN(C)C1. The van der Waals surface area contributed by atoms with Crippen molar-refractivity contribution >= 4 is 28.2 Å². The number of nitro benzene ring substituents is 1. The highest BCUT2D eigenvalue weighted by molar-refractivity contribution is 6.30. The zero-order chi connectivity index (χ0) is 17.7. The molecule has 0 N–H and O–H groups in total. The van der Waals surface area contributed by atoms with E-state index in [0.29, 0.717) is 10.7 Å². The van der Waals surface area contributed by atoms with Crippen molar-refractivity contribution in [2.45, 2.75) is 19.9 Å². The van der Waals surface area contributed by atoms with Gasteiger partial charge in [-0.3, -0.25) is 10.1 Å². The van der Waals surface area contributed by atoms with Crippen LogP contribution in [0.25, 0.3) is 16.6 Å². The van der Waals surface area contributed by atoms with Crippen molar-refractivity contribution in [2.24, 2.45) is 0 Å². The second-order valence-electron chi connectivity index (χ2n) is 6.66. The molecule has 0 atom stereocenters. The van der Waals surface area contributed by atoms with Crippen LogP contribution in [0.3, 0.4) is 0 Å². The number of nitrogens with zero attached hydrogens (tertiary/aromatic N) is 3. The molecule has 1 aliphatic rings. The molecule has 25 heavy (non-hydrogen) atoms. The van der Waals surface area contributed by atoms with Crippen LogP contribution in [-0.4, -0.2) is 28.0 Å². The molecule has 6 heteroatoms. The van der Waals surface area contributed by atoms with Crippen LogP contribution in [0.15, 0.2) is 36.4 Å². The minimum atomic E-state index is -0.359. The molecule has 128 valence electrons. The van der Waals surface area contributed by atoms with Gasteiger partial charge in [0.15, 0.2) is 0 Å². The fraction of sp³-hybridized carbons (Fsp3) is 0.263. The molecule has 0 unspecified atom stereocenters. The molecule has 2 heterocycles. The van der Waals surface area contributed by atoms with Crippen molar-refractivity contribution < 1.29 is 4.92 Å². The Hall–Kier alpha value is -2.37. The fourth-order valence-corrected chi connectivity index (χ4v) is 3.88. The minimum absolute atomic E-state index is 0.0340. The second-order valence-corrected chi connectivity index (χ2v) is 7.10. The van der Waals surface area contributed by atoms with Crippen molar-refractivity contribution in [3.63, 3.8) is 0 Å². The zero-order valence-corrected chi connectivity index (χ0v) is 14.9.